The highest BCUT2D eigenvalue weighted by Crippen LogP contribution is 2.26. The van der Waals surface area contributed by atoms with Crippen LogP contribution in [0.5, 0.6) is 0 Å². The summed E-state index contributed by atoms with van der Waals surface area (Å²) in [6, 6.07) is 9.35. The Morgan fingerprint density at radius 3 is 2.10 bits per heavy atom. The average Bonchev–Trinajstić information content (AvgIpc) is 3.47. The molecular formula is C25H34F2N2. The first-order valence-corrected chi connectivity index (χ1v) is 10.4. The van der Waals surface area contributed by atoms with Gasteiger partial charge in [-0.3, -0.25) is 9.98 Å². The van der Waals surface area contributed by atoms with Crippen LogP contribution in [0.15, 0.2) is 46.4 Å². The van der Waals surface area contributed by atoms with Gasteiger partial charge in [0.15, 0.2) is 0 Å². The second-order valence-electron chi connectivity index (χ2n) is 7.33. The summed E-state index contributed by atoms with van der Waals surface area (Å²) in [5.41, 5.74) is 4.62. The molecule has 29 heavy (non-hydrogen) atoms. The van der Waals surface area contributed by atoms with Gasteiger partial charge in [-0.15, -0.1) is 0 Å². The number of benzene rings is 2. The molecule has 0 spiro atoms. The zero-order valence-electron chi connectivity index (χ0n) is 18.6. The molecular weight excluding hydrogens is 366 g/mol. The Morgan fingerprint density at radius 2 is 1.62 bits per heavy atom. The third kappa shape index (κ3) is 10.1. The lowest BCUT2D eigenvalue weighted by molar-refractivity contribution is 0.626. The zero-order valence-corrected chi connectivity index (χ0v) is 18.6. The zero-order chi connectivity index (χ0) is 21.8. The van der Waals surface area contributed by atoms with Crippen LogP contribution in [0.3, 0.4) is 0 Å². The first kappa shape index (κ1) is 24.7. The number of aryl methyl sites for hydroxylation is 2. The van der Waals surface area contributed by atoms with E-state index < -0.39 is 0 Å². The SMILES string of the molecule is CC1CC1.CC=Nc1cc(F)ccc1CC.CCC(C)=Nc1ccc(F)cc1C. The molecule has 0 amide bonds. The van der Waals surface area contributed by atoms with Gasteiger partial charge in [0.25, 0.3) is 0 Å². The van der Waals surface area contributed by atoms with E-state index in [1.54, 1.807) is 18.3 Å². The maximum atomic E-state index is 12.7. The fraction of sp³-hybridized carbons (Fsp3) is 0.440. The fourth-order valence-electron chi connectivity index (χ4n) is 2.29. The van der Waals surface area contributed by atoms with Crippen LogP contribution in [0.25, 0.3) is 0 Å². The quantitative estimate of drug-likeness (QED) is 0.462. The molecule has 2 nitrogen and oxygen atoms in total. The van der Waals surface area contributed by atoms with Crippen molar-refractivity contribution < 1.29 is 8.78 Å². The van der Waals surface area contributed by atoms with E-state index in [2.05, 4.69) is 23.8 Å². The Balaban J connectivity index is 0.000000243. The number of rotatable bonds is 4. The average molecular weight is 401 g/mol. The smallest absolute Gasteiger partial charge is 0.125 e. The van der Waals surface area contributed by atoms with E-state index in [1.807, 2.05) is 27.7 Å². The van der Waals surface area contributed by atoms with Crippen molar-refractivity contribution in [2.45, 2.75) is 67.2 Å². The highest BCUT2D eigenvalue weighted by Gasteiger charge is 2.12. The van der Waals surface area contributed by atoms with E-state index in [0.29, 0.717) is 0 Å². The molecule has 1 fully saturated rings. The van der Waals surface area contributed by atoms with Gasteiger partial charge in [0.1, 0.15) is 11.6 Å². The van der Waals surface area contributed by atoms with E-state index in [-0.39, 0.29) is 11.6 Å². The van der Waals surface area contributed by atoms with Gasteiger partial charge < -0.3 is 0 Å². The number of nitrogens with zero attached hydrogens (tertiary/aromatic N) is 2. The Hall–Kier alpha value is -2.36. The van der Waals surface area contributed by atoms with E-state index >= 15 is 0 Å². The maximum absolute atomic E-state index is 12.7. The van der Waals surface area contributed by atoms with Crippen molar-refractivity contribution in [3.63, 3.8) is 0 Å². The van der Waals surface area contributed by atoms with Crippen LogP contribution in [0.4, 0.5) is 20.2 Å². The molecule has 4 heteroatoms. The summed E-state index contributed by atoms with van der Waals surface area (Å²) in [5.74, 6) is 0.651. The summed E-state index contributed by atoms with van der Waals surface area (Å²) >= 11 is 0. The Labute approximate surface area is 174 Å². The highest BCUT2D eigenvalue weighted by molar-refractivity contribution is 5.84. The summed E-state index contributed by atoms with van der Waals surface area (Å²) in [6.07, 6.45) is 6.46. The van der Waals surface area contributed by atoms with E-state index in [0.717, 1.165) is 47.0 Å². The van der Waals surface area contributed by atoms with Crippen molar-refractivity contribution in [3.05, 3.63) is 59.2 Å². The van der Waals surface area contributed by atoms with Gasteiger partial charge in [-0.05, 0) is 81.0 Å². The molecule has 0 aliphatic heterocycles. The van der Waals surface area contributed by atoms with E-state index in [1.165, 1.54) is 37.1 Å². The van der Waals surface area contributed by atoms with Crippen LogP contribution in [-0.4, -0.2) is 11.9 Å². The van der Waals surface area contributed by atoms with Crippen molar-refractivity contribution in [2.24, 2.45) is 15.9 Å². The van der Waals surface area contributed by atoms with Gasteiger partial charge >= 0.3 is 0 Å². The minimum Gasteiger partial charge on any atom is -0.261 e. The third-order valence-corrected chi connectivity index (χ3v) is 4.54. The van der Waals surface area contributed by atoms with Crippen molar-refractivity contribution in [2.75, 3.05) is 0 Å². The van der Waals surface area contributed by atoms with Gasteiger partial charge in [-0.2, -0.15) is 0 Å². The predicted octanol–water partition coefficient (Wildman–Crippen LogP) is 8.16. The molecule has 1 aliphatic carbocycles. The Bertz CT molecular complexity index is 822. The van der Waals surface area contributed by atoms with Gasteiger partial charge in [0.2, 0.25) is 0 Å². The highest BCUT2D eigenvalue weighted by atomic mass is 19.1. The summed E-state index contributed by atoms with van der Waals surface area (Å²) in [4.78, 5) is 8.44. The largest absolute Gasteiger partial charge is 0.261 e. The van der Waals surface area contributed by atoms with Crippen LogP contribution in [0.1, 0.15) is 65.0 Å². The van der Waals surface area contributed by atoms with Crippen LogP contribution in [-0.2, 0) is 6.42 Å². The van der Waals surface area contributed by atoms with Gasteiger partial charge in [-0.25, -0.2) is 8.78 Å². The lowest BCUT2D eigenvalue weighted by Crippen LogP contribution is -1.87. The fourth-order valence-corrected chi connectivity index (χ4v) is 2.29. The topological polar surface area (TPSA) is 24.7 Å². The lowest BCUT2D eigenvalue weighted by atomic mass is 10.1. The summed E-state index contributed by atoms with van der Waals surface area (Å²) in [5, 5.41) is 0. The molecule has 0 aromatic heterocycles. The number of halogens is 2. The molecule has 1 aliphatic rings. The Kier molecular flexibility index (Phi) is 11.0. The first-order valence-electron chi connectivity index (χ1n) is 10.4. The van der Waals surface area contributed by atoms with Crippen LogP contribution in [0, 0.1) is 24.5 Å². The second kappa shape index (κ2) is 13.0. The minimum atomic E-state index is -0.229. The molecule has 1 saturated carbocycles. The van der Waals surface area contributed by atoms with Gasteiger partial charge in [-0.1, -0.05) is 39.7 Å². The molecule has 0 unspecified atom stereocenters. The second-order valence-corrected chi connectivity index (χ2v) is 7.33. The molecule has 158 valence electrons. The normalized spacial score (nSPS) is 13.4. The molecule has 0 N–H and O–H groups in total. The maximum Gasteiger partial charge on any atom is 0.125 e. The van der Waals surface area contributed by atoms with Crippen LogP contribution < -0.4 is 0 Å². The number of hydrogen-bond donors (Lipinski definition) is 0. The molecule has 0 heterocycles. The standard InChI is InChI=1S/C11H14FN.C10H12FN.C4H8/c1-4-9(3)13-11-6-5-10(12)7-8(11)2;1-3-8-5-6-9(11)7-10(8)12-4-2;1-4-2-3-4/h5-7H,4H2,1-3H3;4-7H,3H2,1-2H3;4H,2-3H2,1H3. The molecule has 3 rings (SSSR count). The number of hydrogen-bond acceptors (Lipinski definition) is 2. The monoisotopic (exact) mass is 400 g/mol. The molecule has 0 saturated heterocycles. The molecule has 2 aromatic rings. The van der Waals surface area contributed by atoms with Crippen LogP contribution >= 0.6 is 0 Å². The van der Waals surface area contributed by atoms with Crippen molar-refractivity contribution in [1.82, 2.24) is 0 Å². The van der Waals surface area contributed by atoms with E-state index in [9.17, 15) is 8.78 Å². The summed E-state index contributed by atoms with van der Waals surface area (Å²) in [7, 11) is 0. The van der Waals surface area contributed by atoms with Crippen molar-refractivity contribution in [1.29, 1.82) is 0 Å². The van der Waals surface area contributed by atoms with E-state index in [4.69, 9.17) is 0 Å². The molecule has 2 aromatic carbocycles. The Morgan fingerprint density at radius 1 is 1.03 bits per heavy atom. The summed E-state index contributed by atoms with van der Waals surface area (Å²) < 4.78 is 25.5. The molecule has 0 radical (unpaired) electrons. The third-order valence-electron chi connectivity index (χ3n) is 4.54. The summed E-state index contributed by atoms with van der Waals surface area (Å²) in [6.45, 7) is 12.0. The molecule has 0 bridgehead atoms. The molecule has 0 atom stereocenters. The predicted molar refractivity (Wildman–Crippen MR) is 122 cm³/mol. The number of aliphatic imine (C=N–C) groups is 2. The first-order chi connectivity index (χ1) is 13.8. The van der Waals surface area contributed by atoms with Crippen molar-refractivity contribution in [3.8, 4) is 0 Å². The van der Waals surface area contributed by atoms with Gasteiger partial charge in [0, 0.05) is 11.9 Å². The lowest BCUT2D eigenvalue weighted by Gasteiger charge is -2.01. The van der Waals surface area contributed by atoms with Gasteiger partial charge in [0.05, 0.1) is 11.4 Å². The van der Waals surface area contributed by atoms with Crippen LogP contribution in [0.2, 0.25) is 0 Å². The van der Waals surface area contributed by atoms with Crippen molar-refractivity contribution >= 4 is 23.3 Å². The minimum absolute atomic E-state index is 0.203.